The molecular formula is C52H46NOP. The zero-order valence-electron chi connectivity index (χ0n) is 31.6. The number of nitrogens with zero attached hydrogens (tertiary/aromatic N) is 1. The minimum atomic E-state index is -3.14. The van der Waals surface area contributed by atoms with Crippen LogP contribution in [0.1, 0.15) is 67.3 Å². The van der Waals surface area contributed by atoms with Crippen molar-refractivity contribution in [1.29, 1.82) is 0 Å². The Balaban J connectivity index is 1.21. The van der Waals surface area contributed by atoms with Crippen LogP contribution in [0.5, 0.6) is 0 Å². The van der Waals surface area contributed by atoms with E-state index < -0.39 is 12.6 Å². The summed E-state index contributed by atoms with van der Waals surface area (Å²) < 4.78 is 15.5. The van der Waals surface area contributed by atoms with Crippen molar-refractivity contribution in [2.45, 2.75) is 56.4 Å². The fraction of sp³-hybridized carbons (Fsp3) is 0.192. The summed E-state index contributed by atoms with van der Waals surface area (Å²) in [5, 5.41) is 2.54. The van der Waals surface area contributed by atoms with Gasteiger partial charge in [0.1, 0.15) is 0 Å². The summed E-state index contributed by atoms with van der Waals surface area (Å²) in [7, 11) is -3.14. The number of anilines is 2. The molecule has 270 valence electrons. The van der Waals surface area contributed by atoms with Crippen molar-refractivity contribution in [3.63, 3.8) is 0 Å². The highest BCUT2D eigenvalue weighted by Crippen LogP contribution is 2.59. The molecule has 55 heavy (non-hydrogen) atoms. The molecule has 0 spiro atoms. The third-order valence-electron chi connectivity index (χ3n) is 13.3. The van der Waals surface area contributed by atoms with Crippen LogP contribution in [0.25, 0.3) is 11.1 Å². The van der Waals surface area contributed by atoms with Crippen LogP contribution in [0.15, 0.2) is 182 Å². The number of benzene rings is 7. The third kappa shape index (κ3) is 5.04. The van der Waals surface area contributed by atoms with Crippen LogP contribution in [-0.2, 0) is 15.4 Å². The van der Waals surface area contributed by atoms with E-state index in [9.17, 15) is 0 Å². The Morgan fingerprint density at radius 1 is 0.509 bits per heavy atom. The normalized spacial score (nSPS) is 19.1. The summed E-state index contributed by atoms with van der Waals surface area (Å²) in [6.45, 7) is 5.01. The molecule has 1 fully saturated rings. The number of fused-ring (bicyclic) bond motifs is 5. The predicted octanol–water partition coefficient (Wildman–Crippen LogP) is 11.7. The van der Waals surface area contributed by atoms with E-state index in [1.54, 1.807) is 0 Å². The summed E-state index contributed by atoms with van der Waals surface area (Å²) in [5.41, 5.74) is 11.1. The highest BCUT2D eigenvalue weighted by molar-refractivity contribution is 7.85. The molecule has 0 amide bonds. The quantitative estimate of drug-likeness (QED) is 0.159. The molecule has 3 aliphatic rings. The van der Waals surface area contributed by atoms with Crippen LogP contribution in [-0.4, -0.2) is 6.04 Å². The van der Waals surface area contributed by atoms with Gasteiger partial charge in [-0.1, -0.05) is 190 Å². The first kappa shape index (κ1) is 34.1. The van der Waals surface area contributed by atoms with E-state index in [-0.39, 0.29) is 5.41 Å². The molecule has 10 rings (SSSR count). The maximum atomic E-state index is 15.5. The minimum Gasteiger partial charge on any atom is -0.338 e. The lowest BCUT2D eigenvalue weighted by Crippen LogP contribution is -2.52. The fourth-order valence-corrected chi connectivity index (χ4v) is 13.4. The molecule has 0 N–H and O–H groups in total. The van der Waals surface area contributed by atoms with Gasteiger partial charge in [0.05, 0.1) is 5.41 Å². The molecule has 0 bridgehead atoms. The lowest BCUT2D eigenvalue weighted by atomic mass is 9.60. The van der Waals surface area contributed by atoms with Crippen LogP contribution < -0.4 is 20.8 Å². The molecule has 2 aliphatic carbocycles. The van der Waals surface area contributed by atoms with Crippen LogP contribution in [0.4, 0.5) is 11.4 Å². The molecule has 0 saturated heterocycles. The van der Waals surface area contributed by atoms with Gasteiger partial charge in [-0.05, 0) is 81.3 Å². The topological polar surface area (TPSA) is 20.3 Å². The maximum Gasteiger partial charge on any atom is 0.171 e. The Morgan fingerprint density at radius 3 is 1.60 bits per heavy atom. The van der Waals surface area contributed by atoms with Crippen molar-refractivity contribution in [2.24, 2.45) is 5.92 Å². The SMILES string of the molecule is CC1(C)c2cc(C3(c4ccc(P(=O)(c5ccccc5)c5ccccc5)cc4)c4ccccc4-c4ccccc43)ccc2N(c2ccccc2)C2CCCCC21. The molecule has 7 aromatic rings. The van der Waals surface area contributed by atoms with Crippen molar-refractivity contribution in [3.05, 3.63) is 210 Å². The van der Waals surface area contributed by atoms with Gasteiger partial charge >= 0.3 is 0 Å². The monoisotopic (exact) mass is 731 g/mol. The first-order valence-corrected chi connectivity index (χ1v) is 21.7. The largest absolute Gasteiger partial charge is 0.338 e. The van der Waals surface area contributed by atoms with E-state index >= 15 is 4.57 Å². The lowest BCUT2D eigenvalue weighted by Gasteiger charge is -2.54. The zero-order valence-corrected chi connectivity index (χ0v) is 32.5. The van der Waals surface area contributed by atoms with Gasteiger partial charge in [0.25, 0.3) is 0 Å². The Labute approximate surface area is 325 Å². The molecule has 7 aromatic carbocycles. The second kappa shape index (κ2) is 13.1. The van der Waals surface area contributed by atoms with E-state index in [0.717, 1.165) is 15.9 Å². The number of hydrogen-bond acceptors (Lipinski definition) is 2. The Bertz CT molecular complexity index is 2470. The fourth-order valence-electron chi connectivity index (χ4n) is 10.7. The van der Waals surface area contributed by atoms with Crippen LogP contribution in [0.3, 0.4) is 0 Å². The highest BCUT2D eigenvalue weighted by Gasteiger charge is 2.50. The van der Waals surface area contributed by atoms with E-state index in [1.165, 1.54) is 76.0 Å². The predicted molar refractivity (Wildman–Crippen MR) is 230 cm³/mol. The summed E-state index contributed by atoms with van der Waals surface area (Å²) in [6.07, 6.45) is 5.03. The van der Waals surface area contributed by atoms with Gasteiger partial charge in [-0.25, -0.2) is 0 Å². The van der Waals surface area contributed by atoms with E-state index in [2.05, 4.69) is 140 Å². The Kier molecular flexibility index (Phi) is 8.12. The maximum absolute atomic E-state index is 15.5. The first-order chi connectivity index (χ1) is 26.9. The second-order valence-corrected chi connectivity index (χ2v) is 19.1. The van der Waals surface area contributed by atoms with E-state index in [1.807, 2.05) is 60.7 Å². The molecule has 2 atom stereocenters. The van der Waals surface area contributed by atoms with Crippen molar-refractivity contribution in [1.82, 2.24) is 0 Å². The van der Waals surface area contributed by atoms with Crippen LogP contribution >= 0.6 is 7.14 Å². The van der Waals surface area contributed by atoms with Gasteiger partial charge in [0, 0.05) is 33.3 Å². The summed E-state index contributed by atoms with van der Waals surface area (Å²) in [5.74, 6) is 0.549. The van der Waals surface area contributed by atoms with Gasteiger partial charge in [0.2, 0.25) is 0 Å². The molecule has 2 unspecified atom stereocenters. The van der Waals surface area contributed by atoms with Gasteiger partial charge in [-0.3, -0.25) is 0 Å². The van der Waals surface area contributed by atoms with E-state index in [0.29, 0.717) is 12.0 Å². The van der Waals surface area contributed by atoms with Gasteiger partial charge in [-0.2, -0.15) is 0 Å². The van der Waals surface area contributed by atoms with Gasteiger partial charge in [0.15, 0.2) is 7.14 Å². The third-order valence-corrected chi connectivity index (χ3v) is 16.3. The van der Waals surface area contributed by atoms with Gasteiger partial charge < -0.3 is 9.46 Å². The average molecular weight is 732 g/mol. The smallest absolute Gasteiger partial charge is 0.171 e. The number of rotatable bonds is 6. The zero-order chi connectivity index (χ0) is 37.2. The molecule has 1 aliphatic heterocycles. The molecule has 3 heteroatoms. The van der Waals surface area contributed by atoms with Crippen molar-refractivity contribution in [3.8, 4) is 11.1 Å². The molecule has 0 aromatic heterocycles. The molecule has 0 radical (unpaired) electrons. The average Bonchev–Trinajstić information content (AvgIpc) is 3.55. The van der Waals surface area contributed by atoms with Crippen molar-refractivity contribution in [2.75, 3.05) is 4.90 Å². The lowest BCUT2D eigenvalue weighted by molar-refractivity contribution is 0.190. The highest BCUT2D eigenvalue weighted by atomic mass is 31.2. The Hall–Kier alpha value is -5.43. The summed E-state index contributed by atoms with van der Waals surface area (Å²) in [6, 6.07) is 65.8. The van der Waals surface area contributed by atoms with Crippen molar-refractivity contribution >= 4 is 34.4 Å². The molecule has 1 saturated carbocycles. The number of para-hydroxylation sites is 1. The van der Waals surface area contributed by atoms with Gasteiger partial charge in [-0.15, -0.1) is 0 Å². The summed E-state index contributed by atoms with van der Waals surface area (Å²) >= 11 is 0. The Morgan fingerprint density at radius 2 is 1.00 bits per heavy atom. The second-order valence-electron chi connectivity index (χ2n) is 16.3. The van der Waals surface area contributed by atoms with E-state index in [4.69, 9.17) is 0 Å². The van der Waals surface area contributed by atoms with Crippen LogP contribution in [0, 0.1) is 5.92 Å². The minimum absolute atomic E-state index is 0.0115. The molecule has 2 nitrogen and oxygen atoms in total. The standard InChI is InChI=1S/C52H46NOP/c1-51(2)47-28-16-17-29-49(47)53(39-18-6-3-7-19-39)50-35-32-38(36-48(50)51)52(45-26-14-12-24-43(45)44-25-13-15-27-46(44)52)37-30-33-42(34-31-37)55(54,40-20-8-4-9-21-40)41-22-10-5-11-23-41/h3-15,18-27,30-36,47,49H,16-17,28-29H2,1-2H3. The summed E-state index contributed by atoms with van der Waals surface area (Å²) in [4.78, 5) is 2.68. The first-order valence-electron chi connectivity index (χ1n) is 19.9. The molecule has 1 heterocycles. The number of hydrogen-bond donors (Lipinski definition) is 0. The molecular weight excluding hydrogens is 686 g/mol. The van der Waals surface area contributed by atoms with Crippen LogP contribution in [0.2, 0.25) is 0 Å². The van der Waals surface area contributed by atoms with Crippen molar-refractivity contribution < 1.29 is 4.57 Å².